The smallest absolute Gasteiger partial charge is 0.299 e. The highest BCUT2D eigenvalue weighted by atomic mass is 28.3. The van der Waals surface area contributed by atoms with Crippen LogP contribution in [0.15, 0.2) is 121 Å². The molecule has 0 aromatic heterocycles. The van der Waals surface area contributed by atoms with Crippen molar-refractivity contribution in [3.8, 4) is 0 Å². The zero-order valence-corrected chi connectivity index (χ0v) is 20.5. The molecular weight excluding hydrogens is 424 g/mol. The number of rotatable bonds is 6. The molecule has 2 N–H and O–H groups in total. The second-order valence-corrected chi connectivity index (χ2v) is 15.6. The zero-order valence-electron chi connectivity index (χ0n) is 18.5. The molecule has 0 atom stereocenters. The first kappa shape index (κ1) is 21.8. The molecule has 0 aliphatic heterocycles. The van der Waals surface area contributed by atoms with Gasteiger partial charge in [-0.1, -0.05) is 121 Å². The molecule has 32 heavy (non-hydrogen) atoms. The molecule has 2 amide bonds. The van der Waals surface area contributed by atoms with E-state index in [1.165, 1.54) is 20.7 Å². The third-order valence-corrected chi connectivity index (χ3v) is 13.5. The van der Waals surface area contributed by atoms with Crippen LogP contribution in [-0.2, 0) is 0 Å². The minimum absolute atomic E-state index is 0.117. The van der Waals surface area contributed by atoms with Gasteiger partial charge in [0.1, 0.15) is 0 Å². The second-order valence-electron chi connectivity index (χ2n) is 8.29. The Morgan fingerprint density at radius 1 is 0.469 bits per heavy atom. The Balaban J connectivity index is 1.70. The van der Waals surface area contributed by atoms with Gasteiger partial charge in [0.25, 0.3) is 6.03 Å². The summed E-state index contributed by atoms with van der Waals surface area (Å²) >= 11 is 0. The molecule has 0 spiro atoms. The van der Waals surface area contributed by atoms with Crippen molar-refractivity contribution in [3.05, 3.63) is 121 Å². The van der Waals surface area contributed by atoms with Gasteiger partial charge in [-0.25, -0.2) is 0 Å². The van der Waals surface area contributed by atoms with Crippen LogP contribution in [0.25, 0.3) is 0 Å². The number of carbonyl (C=O) groups is 1. The van der Waals surface area contributed by atoms with E-state index in [0.29, 0.717) is 0 Å². The summed E-state index contributed by atoms with van der Waals surface area (Å²) in [7, 11) is -5.01. The van der Waals surface area contributed by atoms with E-state index in [-0.39, 0.29) is 6.03 Å². The predicted molar refractivity (Wildman–Crippen MR) is 139 cm³/mol. The van der Waals surface area contributed by atoms with E-state index >= 15 is 0 Å². The highest BCUT2D eigenvalue weighted by Gasteiger charge is 2.39. The summed E-state index contributed by atoms with van der Waals surface area (Å²) in [5.74, 6) is 0. The van der Waals surface area contributed by atoms with Crippen molar-refractivity contribution in [1.82, 2.24) is 9.96 Å². The molecule has 4 aromatic carbocycles. The highest BCUT2D eigenvalue weighted by molar-refractivity contribution is 7.03. The molecule has 0 unspecified atom stereocenters. The molecule has 0 radical (unpaired) electrons. The minimum Gasteiger partial charge on any atom is -0.357 e. The molecule has 0 heterocycles. The number of carbonyl (C=O) groups excluding carboxylic acids is 1. The van der Waals surface area contributed by atoms with Crippen LogP contribution in [0.2, 0.25) is 13.1 Å². The second kappa shape index (κ2) is 9.38. The van der Waals surface area contributed by atoms with Gasteiger partial charge in [-0.2, -0.15) is 0 Å². The SMILES string of the molecule is C[Si](NC(=O)N[Si](C)(c1ccccc1)c1ccccc1)(c1ccccc1)c1ccccc1. The van der Waals surface area contributed by atoms with Crippen LogP contribution in [0.3, 0.4) is 0 Å². The fourth-order valence-corrected chi connectivity index (χ4v) is 10.0. The van der Waals surface area contributed by atoms with Gasteiger partial charge in [0.15, 0.2) is 0 Å². The Morgan fingerprint density at radius 2 is 0.688 bits per heavy atom. The number of amides is 2. The maximum Gasteiger partial charge on any atom is 0.299 e. The lowest BCUT2D eigenvalue weighted by atomic mass is 10.4. The van der Waals surface area contributed by atoms with Crippen molar-refractivity contribution in [2.45, 2.75) is 13.1 Å². The summed E-state index contributed by atoms with van der Waals surface area (Å²) in [6.45, 7) is 4.39. The Labute approximate surface area is 192 Å². The van der Waals surface area contributed by atoms with E-state index in [4.69, 9.17) is 0 Å². The highest BCUT2D eigenvalue weighted by Crippen LogP contribution is 2.06. The van der Waals surface area contributed by atoms with Crippen LogP contribution in [-0.4, -0.2) is 22.5 Å². The topological polar surface area (TPSA) is 41.1 Å². The van der Waals surface area contributed by atoms with Crippen LogP contribution < -0.4 is 30.7 Å². The van der Waals surface area contributed by atoms with Gasteiger partial charge in [0, 0.05) is 0 Å². The molecule has 3 nitrogen and oxygen atoms in total. The number of hydrogen-bond donors (Lipinski definition) is 2. The van der Waals surface area contributed by atoms with Crippen molar-refractivity contribution < 1.29 is 4.79 Å². The summed E-state index contributed by atoms with van der Waals surface area (Å²) in [6, 6.07) is 41.2. The van der Waals surface area contributed by atoms with E-state index in [9.17, 15) is 4.79 Å². The van der Waals surface area contributed by atoms with Crippen LogP contribution >= 0.6 is 0 Å². The third kappa shape index (κ3) is 4.44. The fourth-order valence-electron chi connectivity index (χ4n) is 4.19. The van der Waals surface area contributed by atoms with Crippen molar-refractivity contribution in [1.29, 1.82) is 0 Å². The minimum atomic E-state index is -2.51. The van der Waals surface area contributed by atoms with Gasteiger partial charge < -0.3 is 9.96 Å². The summed E-state index contributed by atoms with van der Waals surface area (Å²) in [5.41, 5.74) is 0. The standard InChI is InChI=1S/C27H28N2OSi2/c1-31(23-15-7-3-8-16-23,24-17-9-4-10-18-24)28-27(30)29-32(2,25-19-11-5-12-20-25)26-21-13-6-14-22-26/h3-22H,1-2H3,(H2,28,29,30). The van der Waals surface area contributed by atoms with E-state index in [1.807, 2.05) is 72.8 Å². The molecule has 5 heteroatoms. The molecule has 0 aliphatic carbocycles. The van der Waals surface area contributed by atoms with Crippen LogP contribution in [0.4, 0.5) is 4.79 Å². The van der Waals surface area contributed by atoms with Gasteiger partial charge in [0.2, 0.25) is 16.5 Å². The lowest BCUT2D eigenvalue weighted by molar-refractivity contribution is 0.250. The van der Waals surface area contributed by atoms with Gasteiger partial charge in [-0.3, -0.25) is 4.79 Å². The van der Waals surface area contributed by atoms with Crippen molar-refractivity contribution >= 4 is 43.2 Å². The fraction of sp³-hybridized carbons (Fsp3) is 0.0741. The summed E-state index contributed by atoms with van der Waals surface area (Å²) in [4.78, 5) is 20.5. The number of benzene rings is 4. The van der Waals surface area contributed by atoms with Gasteiger partial charge >= 0.3 is 0 Å². The number of hydrogen-bond acceptors (Lipinski definition) is 1. The zero-order chi connectivity index (χ0) is 22.4. The maximum absolute atomic E-state index is 13.6. The van der Waals surface area contributed by atoms with E-state index in [1.54, 1.807) is 0 Å². The van der Waals surface area contributed by atoms with E-state index in [0.717, 1.165) is 0 Å². The van der Waals surface area contributed by atoms with Gasteiger partial charge in [-0.15, -0.1) is 0 Å². The van der Waals surface area contributed by atoms with Crippen LogP contribution in [0.1, 0.15) is 0 Å². The molecule has 160 valence electrons. The van der Waals surface area contributed by atoms with Gasteiger partial charge in [-0.05, 0) is 33.8 Å². The Bertz CT molecular complexity index is 981. The van der Waals surface area contributed by atoms with E-state index < -0.39 is 16.5 Å². The van der Waals surface area contributed by atoms with E-state index in [2.05, 4.69) is 71.6 Å². The summed E-state index contributed by atoms with van der Waals surface area (Å²) in [6.07, 6.45) is 0. The molecule has 4 aromatic rings. The van der Waals surface area contributed by atoms with Crippen molar-refractivity contribution in [2.75, 3.05) is 0 Å². The maximum atomic E-state index is 13.6. The Hall–Kier alpha value is -3.42. The molecule has 0 saturated carbocycles. The lowest BCUT2D eigenvalue weighted by Crippen LogP contribution is -2.75. The largest absolute Gasteiger partial charge is 0.357 e. The Kier molecular flexibility index (Phi) is 6.39. The quantitative estimate of drug-likeness (QED) is 0.434. The van der Waals surface area contributed by atoms with Gasteiger partial charge in [0.05, 0.1) is 0 Å². The molecule has 4 rings (SSSR count). The van der Waals surface area contributed by atoms with Crippen LogP contribution in [0.5, 0.6) is 0 Å². The first-order chi connectivity index (χ1) is 15.5. The molecule has 0 aliphatic rings. The first-order valence-corrected chi connectivity index (χ1v) is 15.8. The summed E-state index contributed by atoms with van der Waals surface area (Å²) < 4.78 is 0. The molecule has 0 bridgehead atoms. The average Bonchev–Trinajstić information content (AvgIpc) is 2.86. The molecule has 0 fully saturated rings. The number of urea groups is 1. The lowest BCUT2D eigenvalue weighted by Gasteiger charge is -2.34. The Morgan fingerprint density at radius 3 is 0.906 bits per heavy atom. The molecular formula is C27H28N2OSi2. The normalized spacial score (nSPS) is 11.6. The van der Waals surface area contributed by atoms with Crippen LogP contribution in [0, 0.1) is 0 Å². The molecule has 0 saturated heterocycles. The monoisotopic (exact) mass is 452 g/mol. The van der Waals surface area contributed by atoms with Crippen molar-refractivity contribution in [2.24, 2.45) is 0 Å². The summed E-state index contributed by atoms with van der Waals surface area (Å²) in [5, 5.41) is 4.68. The van der Waals surface area contributed by atoms with Crippen molar-refractivity contribution in [3.63, 3.8) is 0 Å². The third-order valence-electron chi connectivity index (χ3n) is 6.13. The predicted octanol–water partition coefficient (Wildman–Crippen LogP) is 3.06. The first-order valence-electron chi connectivity index (χ1n) is 10.8. The average molecular weight is 453 g/mol. The number of nitrogens with one attached hydrogen (secondary N) is 2.